The Labute approximate surface area is 159 Å². The Morgan fingerprint density at radius 2 is 2.00 bits per heavy atom. The minimum atomic E-state index is 0. The van der Waals surface area contributed by atoms with Gasteiger partial charge in [-0.3, -0.25) is 0 Å². The van der Waals surface area contributed by atoms with Gasteiger partial charge in [0.25, 0.3) is 0 Å². The largest absolute Gasteiger partial charge is 0.494 e. The summed E-state index contributed by atoms with van der Waals surface area (Å²) in [5.41, 5.74) is 1.25. The highest BCUT2D eigenvalue weighted by Gasteiger charge is 1.98. The number of aliphatic imine (C=N–C) groups is 1. The molecule has 0 bridgehead atoms. The Bertz CT molecular complexity index is 546. The first kappa shape index (κ1) is 19.8. The van der Waals surface area contributed by atoms with Gasteiger partial charge in [-0.05, 0) is 47.9 Å². The predicted molar refractivity (Wildman–Crippen MR) is 109 cm³/mol. The van der Waals surface area contributed by atoms with E-state index in [4.69, 9.17) is 4.74 Å². The predicted octanol–water partition coefficient (Wildman–Crippen LogP) is 3.89. The zero-order chi connectivity index (χ0) is 15.5. The molecule has 0 saturated carbocycles. The van der Waals surface area contributed by atoms with Crippen molar-refractivity contribution >= 4 is 41.3 Å². The third-order valence-electron chi connectivity index (χ3n) is 2.97. The number of guanidine groups is 1. The number of thiophene rings is 1. The van der Waals surface area contributed by atoms with Crippen molar-refractivity contribution in [3.8, 4) is 5.75 Å². The number of nitrogens with one attached hydrogen (secondary N) is 2. The quantitative estimate of drug-likeness (QED) is 0.281. The second-order valence-electron chi connectivity index (χ2n) is 4.77. The van der Waals surface area contributed by atoms with Crippen LogP contribution >= 0.6 is 35.3 Å². The second kappa shape index (κ2) is 12.2. The summed E-state index contributed by atoms with van der Waals surface area (Å²) in [6.45, 7) is 5.17. The molecule has 0 amide bonds. The third-order valence-corrected chi connectivity index (χ3v) is 3.70. The van der Waals surface area contributed by atoms with Crippen LogP contribution in [0, 0.1) is 0 Å². The van der Waals surface area contributed by atoms with Crippen LogP contribution in [0.1, 0.15) is 18.9 Å². The lowest BCUT2D eigenvalue weighted by atomic mass is 10.3. The van der Waals surface area contributed by atoms with Crippen molar-refractivity contribution in [2.24, 2.45) is 4.99 Å². The molecule has 4 nitrogen and oxygen atoms in total. The van der Waals surface area contributed by atoms with Crippen molar-refractivity contribution < 1.29 is 4.74 Å². The second-order valence-corrected chi connectivity index (χ2v) is 5.55. The molecule has 0 fully saturated rings. The van der Waals surface area contributed by atoms with E-state index in [-0.39, 0.29) is 24.0 Å². The SMILES string of the molecule is CCNC(=NCc1ccsc1)NCCCOc1ccccc1.I. The minimum Gasteiger partial charge on any atom is -0.494 e. The monoisotopic (exact) mass is 445 g/mol. The van der Waals surface area contributed by atoms with E-state index in [1.807, 2.05) is 30.3 Å². The standard InChI is InChI=1S/C17H23N3OS.HI/c1-2-18-17(20-13-15-9-12-22-14-15)19-10-6-11-21-16-7-4-3-5-8-16;/h3-5,7-9,12,14H,2,6,10-11,13H2,1H3,(H2,18,19,20);1H. The summed E-state index contributed by atoms with van der Waals surface area (Å²) >= 11 is 1.70. The lowest BCUT2D eigenvalue weighted by molar-refractivity contribution is 0.311. The van der Waals surface area contributed by atoms with E-state index in [1.165, 1.54) is 5.56 Å². The summed E-state index contributed by atoms with van der Waals surface area (Å²) in [6, 6.07) is 12.0. The molecule has 2 aromatic rings. The molecule has 6 heteroatoms. The number of nitrogens with zero attached hydrogens (tertiary/aromatic N) is 1. The number of ether oxygens (including phenoxy) is 1. The molecule has 0 atom stereocenters. The molecule has 0 aliphatic heterocycles. The molecule has 0 spiro atoms. The van der Waals surface area contributed by atoms with Crippen LogP contribution in [0.2, 0.25) is 0 Å². The molecule has 23 heavy (non-hydrogen) atoms. The molecule has 0 saturated heterocycles. The van der Waals surface area contributed by atoms with Crippen LogP contribution in [-0.4, -0.2) is 25.7 Å². The summed E-state index contributed by atoms with van der Waals surface area (Å²) in [4.78, 5) is 4.57. The molecule has 1 aromatic heterocycles. The van der Waals surface area contributed by atoms with E-state index in [9.17, 15) is 0 Å². The van der Waals surface area contributed by atoms with Crippen LogP contribution in [0.3, 0.4) is 0 Å². The molecule has 2 N–H and O–H groups in total. The zero-order valence-corrected chi connectivity index (χ0v) is 16.5. The highest BCUT2D eigenvalue weighted by Crippen LogP contribution is 2.08. The van der Waals surface area contributed by atoms with Gasteiger partial charge >= 0.3 is 0 Å². The van der Waals surface area contributed by atoms with Crippen molar-refractivity contribution in [2.75, 3.05) is 19.7 Å². The Hall–Kier alpha value is -1.28. The van der Waals surface area contributed by atoms with Gasteiger partial charge in [-0.15, -0.1) is 24.0 Å². The fraction of sp³-hybridized carbons (Fsp3) is 0.353. The van der Waals surface area contributed by atoms with Crippen LogP contribution < -0.4 is 15.4 Å². The minimum absolute atomic E-state index is 0. The van der Waals surface area contributed by atoms with Crippen molar-refractivity contribution in [3.63, 3.8) is 0 Å². The molecule has 0 unspecified atom stereocenters. The van der Waals surface area contributed by atoms with E-state index >= 15 is 0 Å². The Kier molecular flexibility index (Phi) is 10.5. The van der Waals surface area contributed by atoms with Gasteiger partial charge in [0.2, 0.25) is 0 Å². The number of rotatable bonds is 8. The summed E-state index contributed by atoms with van der Waals surface area (Å²) in [6.07, 6.45) is 0.928. The summed E-state index contributed by atoms with van der Waals surface area (Å²) in [5.74, 6) is 1.77. The smallest absolute Gasteiger partial charge is 0.191 e. The maximum absolute atomic E-state index is 5.67. The van der Waals surface area contributed by atoms with E-state index in [0.29, 0.717) is 13.2 Å². The fourth-order valence-electron chi connectivity index (χ4n) is 1.88. The molecule has 0 radical (unpaired) electrons. The van der Waals surface area contributed by atoms with Gasteiger partial charge in [0, 0.05) is 13.1 Å². The molecular formula is C17H24IN3OS. The van der Waals surface area contributed by atoms with E-state index < -0.39 is 0 Å². The van der Waals surface area contributed by atoms with Crippen molar-refractivity contribution in [1.82, 2.24) is 10.6 Å². The molecule has 0 aliphatic carbocycles. The Balaban J connectivity index is 0.00000264. The number of hydrogen-bond donors (Lipinski definition) is 2. The molecular weight excluding hydrogens is 421 g/mol. The van der Waals surface area contributed by atoms with Crippen molar-refractivity contribution in [3.05, 3.63) is 52.7 Å². The molecule has 1 aromatic carbocycles. The first-order valence-corrected chi connectivity index (χ1v) is 8.54. The zero-order valence-electron chi connectivity index (χ0n) is 13.3. The number of halogens is 1. The average Bonchev–Trinajstić information content (AvgIpc) is 3.06. The Morgan fingerprint density at radius 1 is 1.17 bits per heavy atom. The highest BCUT2D eigenvalue weighted by atomic mass is 127. The molecule has 2 rings (SSSR count). The molecule has 1 heterocycles. The van der Waals surface area contributed by atoms with Gasteiger partial charge in [-0.2, -0.15) is 11.3 Å². The van der Waals surface area contributed by atoms with Gasteiger partial charge in [-0.25, -0.2) is 4.99 Å². The van der Waals surface area contributed by atoms with E-state index in [0.717, 1.165) is 31.2 Å². The number of hydrogen-bond acceptors (Lipinski definition) is 3. The van der Waals surface area contributed by atoms with Crippen LogP contribution in [0.15, 0.2) is 52.2 Å². The lowest BCUT2D eigenvalue weighted by Crippen LogP contribution is -2.38. The molecule has 126 valence electrons. The maximum atomic E-state index is 5.67. The summed E-state index contributed by atoms with van der Waals surface area (Å²) in [5, 5.41) is 10.8. The number of benzene rings is 1. The number of para-hydroxylation sites is 1. The van der Waals surface area contributed by atoms with Crippen molar-refractivity contribution in [2.45, 2.75) is 19.9 Å². The summed E-state index contributed by atoms with van der Waals surface area (Å²) in [7, 11) is 0. The van der Waals surface area contributed by atoms with Gasteiger partial charge < -0.3 is 15.4 Å². The van der Waals surface area contributed by atoms with Gasteiger partial charge in [0.1, 0.15) is 5.75 Å². The highest BCUT2D eigenvalue weighted by molar-refractivity contribution is 14.0. The van der Waals surface area contributed by atoms with E-state index in [2.05, 4.69) is 39.4 Å². The lowest BCUT2D eigenvalue weighted by Gasteiger charge is -2.11. The first-order chi connectivity index (χ1) is 10.9. The van der Waals surface area contributed by atoms with Gasteiger partial charge in [-0.1, -0.05) is 18.2 Å². The molecule has 0 aliphatic rings. The van der Waals surface area contributed by atoms with E-state index in [1.54, 1.807) is 11.3 Å². The van der Waals surface area contributed by atoms with Crippen LogP contribution in [-0.2, 0) is 6.54 Å². The van der Waals surface area contributed by atoms with Crippen LogP contribution in [0.5, 0.6) is 5.75 Å². The van der Waals surface area contributed by atoms with Crippen LogP contribution in [0.25, 0.3) is 0 Å². The van der Waals surface area contributed by atoms with Crippen LogP contribution in [0.4, 0.5) is 0 Å². The van der Waals surface area contributed by atoms with Crippen molar-refractivity contribution in [1.29, 1.82) is 0 Å². The first-order valence-electron chi connectivity index (χ1n) is 7.59. The van der Waals surface area contributed by atoms with Gasteiger partial charge in [0.15, 0.2) is 5.96 Å². The van der Waals surface area contributed by atoms with Gasteiger partial charge in [0.05, 0.1) is 13.2 Å². The average molecular weight is 445 g/mol. The summed E-state index contributed by atoms with van der Waals surface area (Å²) < 4.78 is 5.67. The maximum Gasteiger partial charge on any atom is 0.191 e. The Morgan fingerprint density at radius 3 is 2.70 bits per heavy atom. The third kappa shape index (κ3) is 8.22. The fourth-order valence-corrected chi connectivity index (χ4v) is 2.54. The normalized spacial score (nSPS) is 10.7. The topological polar surface area (TPSA) is 45.7 Å².